The van der Waals surface area contributed by atoms with Gasteiger partial charge in [-0.05, 0) is 30.7 Å². The molecule has 1 amide bonds. The first kappa shape index (κ1) is 16.4. The smallest absolute Gasteiger partial charge is 0.330 e. The molecule has 2 aromatic heterocycles. The van der Waals surface area contributed by atoms with Gasteiger partial charge in [-0.25, -0.2) is 9.78 Å². The van der Waals surface area contributed by atoms with Crippen LogP contribution in [0.25, 0.3) is 11.2 Å². The van der Waals surface area contributed by atoms with Crippen LogP contribution in [-0.2, 0) is 11.8 Å². The minimum absolute atomic E-state index is 0.000576. The van der Waals surface area contributed by atoms with Gasteiger partial charge in [-0.2, -0.15) is 0 Å². The van der Waals surface area contributed by atoms with Crippen LogP contribution in [0.2, 0.25) is 0 Å². The highest BCUT2D eigenvalue weighted by Crippen LogP contribution is 2.24. The Labute approximate surface area is 150 Å². The summed E-state index contributed by atoms with van der Waals surface area (Å²) in [6.45, 7) is 1.10. The number of fused-ring (bicyclic) bond motifs is 1. The second-order valence-electron chi connectivity index (χ2n) is 6.44. The summed E-state index contributed by atoms with van der Waals surface area (Å²) >= 11 is 0. The van der Waals surface area contributed by atoms with Crippen LogP contribution in [-0.4, -0.2) is 44.6 Å². The van der Waals surface area contributed by atoms with Crippen LogP contribution >= 0.6 is 0 Å². The predicted molar refractivity (Wildman–Crippen MR) is 97.1 cm³/mol. The average Bonchev–Trinajstić information content (AvgIpc) is 3.25. The zero-order valence-corrected chi connectivity index (χ0v) is 14.5. The zero-order chi connectivity index (χ0) is 18.1. The number of ether oxygens (including phenoxy) is 1. The van der Waals surface area contributed by atoms with Crippen molar-refractivity contribution >= 4 is 17.1 Å². The molecule has 1 aliphatic rings. The number of rotatable bonds is 4. The van der Waals surface area contributed by atoms with Crippen LogP contribution in [0, 0.1) is 0 Å². The fourth-order valence-corrected chi connectivity index (χ4v) is 3.45. The Kier molecular flexibility index (Phi) is 4.20. The maximum atomic E-state index is 12.6. The monoisotopic (exact) mass is 352 g/mol. The average molecular weight is 352 g/mol. The van der Waals surface area contributed by atoms with Crippen molar-refractivity contribution < 1.29 is 9.53 Å². The molecule has 26 heavy (non-hydrogen) atoms. The number of hydrogen-bond acceptors (Lipinski definition) is 4. The van der Waals surface area contributed by atoms with Gasteiger partial charge in [0.2, 0.25) is 0 Å². The van der Waals surface area contributed by atoms with Gasteiger partial charge in [-0.3, -0.25) is 13.9 Å². The maximum absolute atomic E-state index is 12.6. The molecule has 1 aromatic carbocycles. The fourth-order valence-electron chi connectivity index (χ4n) is 3.45. The van der Waals surface area contributed by atoms with Crippen molar-refractivity contribution in [1.82, 2.24) is 19.0 Å². The van der Waals surface area contributed by atoms with Gasteiger partial charge in [0.1, 0.15) is 5.75 Å². The van der Waals surface area contributed by atoms with Gasteiger partial charge in [0, 0.05) is 26.3 Å². The molecule has 4 rings (SSSR count). The van der Waals surface area contributed by atoms with E-state index in [9.17, 15) is 9.59 Å². The Morgan fingerprint density at radius 1 is 1.23 bits per heavy atom. The van der Waals surface area contributed by atoms with E-state index in [0.29, 0.717) is 24.5 Å². The number of likely N-dealkylation sites (tertiary alicyclic amines) is 1. The Balaban J connectivity index is 1.48. The van der Waals surface area contributed by atoms with E-state index in [4.69, 9.17) is 4.74 Å². The lowest BCUT2D eigenvalue weighted by Crippen LogP contribution is -2.34. The van der Waals surface area contributed by atoms with Gasteiger partial charge in [-0.15, -0.1) is 0 Å². The molecule has 7 heteroatoms. The molecule has 0 spiro atoms. The summed E-state index contributed by atoms with van der Waals surface area (Å²) in [7, 11) is 1.74. The largest absolute Gasteiger partial charge is 0.484 e. The van der Waals surface area contributed by atoms with E-state index >= 15 is 0 Å². The van der Waals surface area contributed by atoms with Crippen LogP contribution in [0.1, 0.15) is 12.5 Å². The second-order valence-corrected chi connectivity index (χ2v) is 6.44. The normalized spacial score (nSPS) is 17.0. The van der Waals surface area contributed by atoms with Crippen LogP contribution in [0.5, 0.6) is 5.75 Å². The standard InChI is InChI=1S/C19H20N4O3/c1-21-16-8-5-10-20-18(16)23(19(21)25)14-9-11-22(12-14)17(24)13-26-15-6-3-2-4-7-15/h2-8,10,14H,9,11-13H2,1H3/t14-/m1/s1. The number of carbonyl (C=O) groups is 1. The first-order chi connectivity index (χ1) is 12.6. The number of aryl methyl sites for hydroxylation is 1. The summed E-state index contributed by atoms with van der Waals surface area (Å²) in [5, 5.41) is 0. The molecule has 0 N–H and O–H groups in total. The number of para-hydroxylation sites is 1. The second kappa shape index (κ2) is 6.67. The molecule has 1 aliphatic heterocycles. The van der Waals surface area contributed by atoms with E-state index in [2.05, 4.69) is 4.98 Å². The lowest BCUT2D eigenvalue weighted by Gasteiger charge is -2.17. The van der Waals surface area contributed by atoms with Crippen LogP contribution in [0.15, 0.2) is 53.5 Å². The SMILES string of the molecule is Cn1c(=O)n([C@@H]2CCN(C(=O)COc3ccccc3)C2)c2ncccc21. The molecule has 3 aromatic rings. The number of amides is 1. The molecule has 1 fully saturated rings. The molecule has 0 aliphatic carbocycles. The Hall–Kier alpha value is -3.09. The number of imidazole rings is 1. The summed E-state index contributed by atoms with van der Waals surface area (Å²) < 4.78 is 8.85. The van der Waals surface area contributed by atoms with Crippen LogP contribution < -0.4 is 10.4 Å². The van der Waals surface area contributed by atoms with Crippen molar-refractivity contribution in [3.8, 4) is 5.75 Å². The summed E-state index contributed by atoms with van der Waals surface area (Å²) in [4.78, 5) is 31.2. The van der Waals surface area contributed by atoms with Crippen LogP contribution in [0.3, 0.4) is 0 Å². The third kappa shape index (κ3) is 2.85. The highest BCUT2D eigenvalue weighted by Gasteiger charge is 2.30. The van der Waals surface area contributed by atoms with E-state index in [0.717, 1.165) is 11.9 Å². The van der Waals surface area contributed by atoms with Crippen molar-refractivity contribution in [2.45, 2.75) is 12.5 Å². The number of benzene rings is 1. The number of pyridine rings is 1. The van der Waals surface area contributed by atoms with Crippen molar-refractivity contribution in [3.05, 3.63) is 59.1 Å². The minimum Gasteiger partial charge on any atom is -0.484 e. The van der Waals surface area contributed by atoms with Gasteiger partial charge in [-0.1, -0.05) is 18.2 Å². The molecule has 1 saturated heterocycles. The quantitative estimate of drug-likeness (QED) is 0.715. The third-order valence-corrected chi connectivity index (χ3v) is 4.84. The number of hydrogen-bond donors (Lipinski definition) is 0. The molecule has 0 unspecified atom stereocenters. The van der Waals surface area contributed by atoms with E-state index in [-0.39, 0.29) is 24.2 Å². The molecule has 0 radical (unpaired) electrons. The molecule has 1 atom stereocenters. The van der Waals surface area contributed by atoms with Gasteiger partial charge < -0.3 is 9.64 Å². The summed E-state index contributed by atoms with van der Waals surface area (Å²) in [6.07, 6.45) is 2.41. The van der Waals surface area contributed by atoms with Gasteiger partial charge in [0.15, 0.2) is 12.3 Å². The highest BCUT2D eigenvalue weighted by molar-refractivity contribution is 5.78. The van der Waals surface area contributed by atoms with E-state index in [1.807, 2.05) is 42.5 Å². The summed E-state index contributed by atoms with van der Waals surface area (Å²) in [6, 6.07) is 12.9. The Morgan fingerprint density at radius 3 is 2.85 bits per heavy atom. The topological polar surface area (TPSA) is 69.4 Å². The fraction of sp³-hybridized carbons (Fsp3) is 0.316. The van der Waals surface area contributed by atoms with E-state index in [1.54, 1.807) is 27.3 Å². The third-order valence-electron chi connectivity index (χ3n) is 4.84. The van der Waals surface area contributed by atoms with E-state index in [1.165, 1.54) is 0 Å². The summed E-state index contributed by atoms with van der Waals surface area (Å²) in [5.41, 5.74) is 1.37. The zero-order valence-electron chi connectivity index (χ0n) is 14.5. The number of carbonyl (C=O) groups excluding carboxylic acids is 1. The molecule has 134 valence electrons. The molecular weight excluding hydrogens is 332 g/mol. The first-order valence-corrected chi connectivity index (χ1v) is 8.62. The minimum atomic E-state index is -0.0986. The van der Waals surface area contributed by atoms with Crippen molar-refractivity contribution in [3.63, 3.8) is 0 Å². The number of nitrogens with zero attached hydrogens (tertiary/aromatic N) is 4. The van der Waals surface area contributed by atoms with Crippen molar-refractivity contribution in [2.75, 3.05) is 19.7 Å². The Bertz CT molecular complexity index is 993. The van der Waals surface area contributed by atoms with Gasteiger partial charge in [0.05, 0.1) is 11.6 Å². The number of aromatic nitrogens is 3. The predicted octanol–water partition coefficient (Wildman–Crippen LogP) is 1.59. The van der Waals surface area contributed by atoms with Crippen molar-refractivity contribution in [2.24, 2.45) is 7.05 Å². The Morgan fingerprint density at radius 2 is 2.04 bits per heavy atom. The lowest BCUT2D eigenvalue weighted by atomic mass is 10.2. The van der Waals surface area contributed by atoms with Crippen LogP contribution in [0.4, 0.5) is 0 Å². The highest BCUT2D eigenvalue weighted by atomic mass is 16.5. The van der Waals surface area contributed by atoms with Crippen molar-refractivity contribution in [1.29, 1.82) is 0 Å². The maximum Gasteiger partial charge on any atom is 0.330 e. The van der Waals surface area contributed by atoms with Gasteiger partial charge >= 0.3 is 5.69 Å². The summed E-state index contributed by atoms with van der Waals surface area (Å²) in [5.74, 6) is 0.601. The molecule has 0 saturated carbocycles. The van der Waals surface area contributed by atoms with Gasteiger partial charge in [0.25, 0.3) is 5.91 Å². The molecule has 0 bridgehead atoms. The van der Waals surface area contributed by atoms with E-state index < -0.39 is 0 Å². The molecule has 7 nitrogen and oxygen atoms in total. The molecule has 3 heterocycles. The lowest BCUT2D eigenvalue weighted by molar-refractivity contribution is -0.132. The first-order valence-electron chi connectivity index (χ1n) is 8.62. The molecular formula is C19H20N4O3.